The summed E-state index contributed by atoms with van der Waals surface area (Å²) >= 11 is 0. The molecule has 18 heavy (non-hydrogen) atoms. The fourth-order valence-corrected chi connectivity index (χ4v) is 1.70. The second-order valence-corrected chi connectivity index (χ2v) is 4.83. The third-order valence-electron chi connectivity index (χ3n) is 2.42. The van der Waals surface area contributed by atoms with Gasteiger partial charge in [-0.25, -0.2) is 4.79 Å². The summed E-state index contributed by atoms with van der Waals surface area (Å²) in [5, 5.41) is 0. The van der Waals surface area contributed by atoms with Crippen LogP contribution in [0.15, 0.2) is 12.2 Å². The van der Waals surface area contributed by atoms with Crippen LogP contribution in [0.2, 0.25) is 0 Å². The fraction of sp³-hybridized carbons (Fsp3) is 0.692. The Morgan fingerprint density at radius 3 is 2.33 bits per heavy atom. The van der Waals surface area contributed by atoms with Gasteiger partial charge in [-0.3, -0.25) is 9.36 Å². The Labute approximate surface area is 110 Å². The molecule has 0 saturated carbocycles. The minimum atomic E-state index is -0.336. The number of Topliss-reactive ketones (excluding diaryl/α,β-unsaturated/α-hetero) is 1. The van der Waals surface area contributed by atoms with Gasteiger partial charge in [-0.1, -0.05) is 25.8 Å². The lowest BCUT2D eigenvalue weighted by Crippen LogP contribution is -2.06. The summed E-state index contributed by atoms with van der Waals surface area (Å²) in [5.74, 6) is -0.278. The van der Waals surface area contributed by atoms with Crippen molar-refractivity contribution in [2.75, 3.05) is 12.8 Å². The van der Waals surface area contributed by atoms with Crippen molar-refractivity contribution in [3.05, 3.63) is 12.2 Å². The normalized spacial score (nSPS) is 10.3. The highest BCUT2D eigenvalue weighted by molar-refractivity contribution is 7.25. The zero-order valence-electron chi connectivity index (χ0n) is 10.9. The lowest BCUT2D eigenvalue weighted by molar-refractivity contribution is -0.139. The van der Waals surface area contributed by atoms with Crippen LogP contribution in [0.1, 0.15) is 45.4 Å². The summed E-state index contributed by atoms with van der Waals surface area (Å²) in [6.45, 7) is 5.55. The van der Waals surface area contributed by atoms with Crippen LogP contribution in [0, 0.1) is 0 Å². The van der Waals surface area contributed by atoms with Crippen LogP contribution in [0.5, 0.6) is 0 Å². The molecule has 0 aliphatic rings. The molecule has 0 fully saturated rings. The average Bonchev–Trinajstić information content (AvgIpc) is 2.32. The average molecular weight is 272 g/mol. The van der Waals surface area contributed by atoms with E-state index in [0.29, 0.717) is 18.6 Å². The third kappa shape index (κ3) is 10.2. The highest BCUT2D eigenvalue weighted by Gasteiger charge is 2.02. The first kappa shape index (κ1) is 17.0. The number of carbonyl (C=O) groups excluding carboxylic acids is 2. The number of esters is 1. The second kappa shape index (κ2) is 11.1. The van der Waals surface area contributed by atoms with Crippen LogP contribution in [0.4, 0.5) is 0 Å². The SMILES string of the molecule is C=C(C)C(=O)OCCCCCCCC(=O)CP=O. The van der Waals surface area contributed by atoms with Crippen molar-refractivity contribution in [3.63, 3.8) is 0 Å². The monoisotopic (exact) mass is 272 g/mol. The van der Waals surface area contributed by atoms with E-state index in [0.717, 1.165) is 32.1 Å². The maximum Gasteiger partial charge on any atom is 0.333 e. The zero-order valence-corrected chi connectivity index (χ0v) is 11.8. The van der Waals surface area contributed by atoms with Crippen molar-refractivity contribution in [1.29, 1.82) is 0 Å². The summed E-state index contributed by atoms with van der Waals surface area (Å²) in [7, 11) is -0.0876. The molecule has 0 spiro atoms. The Balaban J connectivity index is 3.26. The van der Waals surface area contributed by atoms with E-state index in [1.54, 1.807) is 6.92 Å². The van der Waals surface area contributed by atoms with E-state index in [4.69, 9.17) is 4.74 Å². The van der Waals surface area contributed by atoms with Crippen LogP contribution in [0.3, 0.4) is 0 Å². The predicted octanol–water partition coefficient (Wildman–Crippen LogP) is 3.31. The van der Waals surface area contributed by atoms with E-state index in [-0.39, 0.29) is 26.4 Å². The minimum Gasteiger partial charge on any atom is -0.462 e. The lowest BCUT2D eigenvalue weighted by Gasteiger charge is -2.04. The highest BCUT2D eigenvalue weighted by atomic mass is 31.1. The molecule has 0 rings (SSSR count). The van der Waals surface area contributed by atoms with E-state index in [9.17, 15) is 14.2 Å². The summed E-state index contributed by atoms with van der Waals surface area (Å²) in [5.41, 5.74) is 0.422. The molecule has 0 unspecified atom stereocenters. The van der Waals surface area contributed by atoms with Crippen LogP contribution >= 0.6 is 8.46 Å². The quantitative estimate of drug-likeness (QED) is 0.250. The minimum absolute atomic E-state index is 0.0575. The third-order valence-corrected chi connectivity index (χ3v) is 2.90. The summed E-state index contributed by atoms with van der Waals surface area (Å²) in [4.78, 5) is 22.1. The van der Waals surface area contributed by atoms with Gasteiger partial charge in [0.25, 0.3) is 0 Å². The molecule has 0 N–H and O–H groups in total. The second-order valence-electron chi connectivity index (χ2n) is 4.26. The van der Waals surface area contributed by atoms with Gasteiger partial charge in [-0.05, 0) is 19.8 Å². The smallest absolute Gasteiger partial charge is 0.333 e. The van der Waals surface area contributed by atoms with Gasteiger partial charge in [0.15, 0.2) is 8.46 Å². The Hall–Kier alpha value is -1.02. The Morgan fingerprint density at radius 1 is 1.11 bits per heavy atom. The van der Waals surface area contributed by atoms with Gasteiger partial charge in [-0.2, -0.15) is 0 Å². The van der Waals surface area contributed by atoms with Crippen molar-refractivity contribution in [1.82, 2.24) is 0 Å². The molecule has 5 heteroatoms. The van der Waals surface area contributed by atoms with Crippen molar-refractivity contribution in [2.24, 2.45) is 0 Å². The zero-order chi connectivity index (χ0) is 13.8. The molecule has 0 amide bonds. The topological polar surface area (TPSA) is 60.4 Å². The van der Waals surface area contributed by atoms with E-state index in [2.05, 4.69) is 6.58 Å². The molecule has 0 heterocycles. The molecule has 0 aromatic heterocycles. The van der Waals surface area contributed by atoms with E-state index >= 15 is 0 Å². The number of hydrogen-bond acceptors (Lipinski definition) is 4. The van der Waals surface area contributed by atoms with Crippen LogP contribution in [0.25, 0.3) is 0 Å². The molecule has 0 atom stereocenters. The molecule has 0 aromatic rings. The highest BCUT2D eigenvalue weighted by Crippen LogP contribution is 2.07. The Morgan fingerprint density at radius 2 is 1.72 bits per heavy atom. The van der Waals surface area contributed by atoms with Crippen molar-refractivity contribution >= 4 is 20.2 Å². The Kier molecular flexibility index (Phi) is 10.5. The maximum absolute atomic E-state index is 11.0. The molecular weight excluding hydrogens is 251 g/mol. The first-order valence-corrected chi connectivity index (χ1v) is 7.21. The van der Waals surface area contributed by atoms with Gasteiger partial charge in [0, 0.05) is 12.0 Å². The van der Waals surface area contributed by atoms with Gasteiger partial charge in [0.1, 0.15) is 5.78 Å². The van der Waals surface area contributed by atoms with Crippen molar-refractivity contribution in [2.45, 2.75) is 45.4 Å². The van der Waals surface area contributed by atoms with Gasteiger partial charge in [0.05, 0.1) is 12.8 Å². The van der Waals surface area contributed by atoms with Gasteiger partial charge in [0.2, 0.25) is 0 Å². The van der Waals surface area contributed by atoms with Crippen LogP contribution in [-0.2, 0) is 18.9 Å². The Bertz CT molecular complexity index is 299. The summed E-state index contributed by atoms with van der Waals surface area (Å²) < 4.78 is 15.1. The molecular formula is C13H21O4P. The molecule has 0 aliphatic heterocycles. The van der Waals surface area contributed by atoms with Crippen LogP contribution < -0.4 is 0 Å². The number of rotatable bonds is 11. The first-order chi connectivity index (χ1) is 8.57. The number of carbonyl (C=O) groups is 2. The first-order valence-electron chi connectivity index (χ1n) is 6.21. The van der Waals surface area contributed by atoms with E-state index in [1.807, 2.05) is 0 Å². The number of ketones is 1. The van der Waals surface area contributed by atoms with Crippen LogP contribution in [-0.4, -0.2) is 24.5 Å². The summed E-state index contributed by atoms with van der Waals surface area (Å²) in [6, 6.07) is 0. The standard InChI is InChI=1S/C13H21O4P/c1-11(2)13(15)17-9-7-5-3-4-6-8-12(14)10-18-16/h1,3-10H2,2H3. The fourth-order valence-electron chi connectivity index (χ4n) is 1.39. The number of ether oxygens (including phenoxy) is 1. The maximum atomic E-state index is 11.0. The van der Waals surface area contributed by atoms with Gasteiger partial charge >= 0.3 is 5.97 Å². The predicted molar refractivity (Wildman–Crippen MR) is 71.0 cm³/mol. The largest absolute Gasteiger partial charge is 0.462 e. The molecule has 0 bridgehead atoms. The molecule has 102 valence electrons. The molecule has 0 saturated heterocycles. The van der Waals surface area contributed by atoms with Gasteiger partial charge < -0.3 is 4.74 Å². The van der Waals surface area contributed by atoms with Crippen molar-refractivity contribution < 1.29 is 18.9 Å². The van der Waals surface area contributed by atoms with E-state index in [1.165, 1.54) is 0 Å². The molecule has 4 nitrogen and oxygen atoms in total. The van der Waals surface area contributed by atoms with E-state index < -0.39 is 0 Å². The molecule has 0 radical (unpaired) electrons. The number of unbranched alkanes of at least 4 members (excludes halogenated alkanes) is 4. The lowest BCUT2D eigenvalue weighted by atomic mass is 10.1. The molecule has 0 aromatic carbocycles. The van der Waals surface area contributed by atoms with Crippen molar-refractivity contribution in [3.8, 4) is 0 Å². The van der Waals surface area contributed by atoms with Gasteiger partial charge in [-0.15, -0.1) is 0 Å². The molecule has 0 aliphatic carbocycles. The number of hydrogen-bond donors (Lipinski definition) is 0. The summed E-state index contributed by atoms with van der Waals surface area (Å²) in [6.07, 6.45) is 5.32.